The number of hydrogen-bond acceptors (Lipinski definition) is 3. The highest BCUT2D eigenvalue weighted by atomic mass is 19.1. The van der Waals surface area contributed by atoms with Crippen LogP contribution >= 0.6 is 0 Å². The molecule has 0 unspecified atom stereocenters. The maximum absolute atomic E-state index is 13.4. The van der Waals surface area contributed by atoms with Crippen LogP contribution in [0, 0.1) is 5.82 Å². The topological polar surface area (TPSA) is 38.8 Å². The SMILES string of the molecule is CC1(C)OB(c2ccc(CC(=O)N3Cc4ccc(F)cc4C3)cc2)OC1(C)C. The molecule has 2 heterocycles. The van der Waals surface area contributed by atoms with Crippen molar-refractivity contribution in [1.29, 1.82) is 0 Å². The Morgan fingerprint density at radius 3 is 2.25 bits per heavy atom. The summed E-state index contributed by atoms with van der Waals surface area (Å²) >= 11 is 0. The van der Waals surface area contributed by atoms with Crippen molar-refractivity contribution in [2.75, 3.05) is 0 Å². The zero-order valence-electron chi connectivity index (χ0n) is 16.8. The molecule has 146 valence electrons. The molecule has 0 aromatic heterocycles. The summed E-state index contributed by atoms with van der Waals surface area (Å²) in [5.74, 6) is -0.216. The molecule has 0 aliphatic carbocycles. The number of nitrogens with zero attached hydrogens (tertiary/aromatic N) is 1. The standard InChI is InChI=1S/C22H25BFNO3/c1-21(2)22(3,4)28-23(27-21)18-8-5-15(6-9-18)11-20(26)25-13-16-7-10-19(24)12-17(16)14-25/h5-10,12H,11,13-14H2,1-4H3. The van der Waals surface area contributed by atoms with Gasteiger partial charge in [-0.2, -0.15) is 0 Å². The zero-order valence-corrected chi connectivity index (χ0v) is 16.8. The fraction of sp³-hybridized carbons (Fsp3) is 0.409. The van der Waals surface area contributed by atoms with Gasteiger partial charge in [0.15, 0.2) is 0 Å². The lowest BCUT2D eigenvalue weighted by Gasteiger charge is -2.32. The van der Waals surface area contributed by atoms with E-state index in [0.29, 0.717) is 19.5 Å². The van der Waals surface area contributed by atoms with Gasteiger partial charge in [0.25, 0.3) is 0 Å². The molecular formula is C22H25BFNO3. The number of amides is 1. The minimum atomic E-state index is -0.405. The third-order valence-corrected chi connectivity index (χ3v) is 6.10. The molecule has 28 heavy (non-hydrogen) atoms. The average molecular weight is 381 g/mol. The molecule has 0 saturated carbocycles. The van der Waals surface area contributed by atoms with Crippen molar-refractivity contribution in [3.63, 3.8) is 0 Å². The van der Waals surface area contributed by atoms with Gasteiger partial charge in [-0.3, -0.25) is 4.79 Å². The van der Waals surface area contributed by atoms with Gasteiger partial charge >= 0.3 is 7.12 Å². The lowest BCUT2D eigenvalue weighted by atomic mass is 9.79. The summed E-state index contributed by atoms with van der Waals surface area (Å²) in [6.07, 6.45) is 0.320. The summed E-state index contributed by atoms with van der Waals surface area (Å²) in [5, 5.41) is 0. The Kier molecular flexibility index (Phi) is 4.59. The molecule has 1 fully saturated rings. The number of benzene rings is 2. The van der Waals surface area contributed by atoms with Gasteiger partial charge in [0, 0.05) is 13.1 Å². The van der Waals surface area contributed by atoms with Crippen molar-refractivity contribution in [3.05, 3.63) is 65.0 Å². The van der Waals surface area contributed by atoms with Crippen molar-refractivity contribution in [3.8, 4) is 0 Å². The molecule has 2 aliphatic heterocycles. The van der Waals surface area contributed by atoms with E-state index < -0.39 is 7.12 Å². The van der Waals surface area contributed by atoms with Gasteiger partial charge in [-0.05, 0) is 62.0 Å². The van der Waals surface area contributed by atoms with Crippen LogP contribution in [0.4, 0.5) is 4.39 Å². The number of rotatable bonds is 3. The van der Waals surface area contributed by atoms with Crippen LogP contribution in [0.3, 0.4) is 0 Å². The van der Waals surface area contributed by atoms with E-state index in [4.69, 9.17) is 9.31 Å². The Labute approximate surface area is 165 Å². The third kappa shape index (κ3) is 3.47. The molecule has 2 aromatic carbocycles. The van der Waals surface area contributed by atoms with Gasteiger partial charge in [-0.1, -0.05) is 30.3 Å². The number of fused-ring (bicyclic) bond motifs is 1. The maximum atomic E-state index is 13.4. The minimum absolute atomic E-state index is 0.0417. The average Bonchev–Trinajstić information content (AvgIpc) is 3.13. The third-order valence-electron chi connectivity index (χ3n) is 6.10. The molecule has 1 amide bonds. The first-order valence-corrected chi connectivity index (χ1v) is 9.64. The van der Waals surface area contributed by atoms with Crippen molar-refractivity contribution in [1.82, 2.24) is 4.90 Å². The van der Waals surface area contributed by atoms with E-state index in [2.05, 4.69) is 0 Å². The zero-order chi connectivity index (χ0) is 20.1. The molecule has 0 atom stereocenters. The second-order valence-corrected chi connectivity index (χ2v) is 8.67. The summed E-state index contributed by atoms with van der Waals surface area (Å²) in [5.41, 5.74) is 3.04. The van der Waals surface area contributed by atoms with Crippen molar-refractivity contribution in [2.24, 2.45) is 0 Å². The van der Waals surface area contributed by atoms with Crippen LogP contribution in [0.25, 0.3) is 0 Å². The molecule has 0 bridgehead atoms. The van der Waals surface area contributed by atoms with E-state index in [1.807, 2.05) is 52.0 Å². The fourth-order valence-electron chi connectivity index (χ4n) is 3.60. The van der Waals surface area contributed by atoms with Crippen LogP contribution in [0.5, 0.6) is 0 Å². The van der Waals surface area contributed by atoms with E-state index in [0.717, 1.165) is 22.2 Å². The quantitative estimate of drug-likeness (QED) is 0.767. The molecule has 6 heteroatoms. The summed E-state index contributed by atoms with van der Waals surface area (Å²) in [6.45, 7) is 9.12. The Morgan fingerprint density at radius 2 is 1.61 bits per heavy atom. The van der Waals surface area contributed by atoms with Crippen LogP contribution in [0.2, 0.25) is 0 Å². The lowest BCUT2D eigenvalue weighted by Crippen LogP contribution is -2.41. The highest BCUT2D eigenvalue weighted by Gasteiger charge is 2.51. The Balaban J connectivity index is 1.40. The Hall–Kier alpha value is -2.18. The summed E-state index contributed by atoms with van der Waals surface area (Å²) in [6, 6.07) is 12.5. The van der Waals surface area contributed by atoms with E-state index >= 15 is 0 Å². The van der Waals surface area contributed by atoms with E-state index in [-0.39, 0.29) is 22.9 Å². The number of hydrogen-bond donors (Lipinski definition) is 0. The summed E-state index contributed by atoms with van der Waals surface area (Å²) in [4.78, 5) is 14.4. The summed E-state index contributed by atoms with van der Waals surface area (Å²) < 4.78 is 25.5. The highest BCUT2D eigenvalue weighted by molar-refractivity contribution is 6.62. The molecule has 2 aromatic rings. The molecular weight excluding hydrogens is 356 g/mol. The van der Waals surface area contributed by atoms with Crippen molar-refractivity contribution < 1.29 is 18.5 Å². The van der Waals surface area contributed by atoms with Gasteiger partial charge in [-0.15, -0.1) is 0 Å². The lowest BCUT2D eigenvalue weighted by molar-refractivity contribution is -0.131. The molecule has 0 N–H and O–H groups in total. The first kappa shape index (κ1) is 19.2. The van der Waals surface area contributed by atoms with Gasteiger partial charge in [0.1, 0.15) is 5.82 Å². The molecule has 0 spiro atoms. The molecule has 4 rings (SSSR count). The minimum Gasteiger partial charge on any atom is -0.399 e. The van der Waals surface area contributed by atoms with Crippen LogP contribution < -0.4 is 5.46 Å². The highest BCUT2D eigenvalue weighted by Crippen LogP contribution is 2.36. The predicted octanol–water partition coefficient (Wildman–Crippen LogP) is 3.21. The van der Waals surface area contributed by atoms with Gasteiger partial charge in [0.2, 0.25) is 5.91 Å². The number of halogens is 1. The molecule has 0 radical (unpaired) electrons. The molecule has 1 saturated heterocycles. The van der Waals surface area contributed by atoms with Gasteiger partial charge in [-0.25, -0.2) is 4.39 Å². The molecule has 2 aliphatic rings. The first-order chi connectivity index (χ1) is 13.1. The largest absolute Gasteiger partial charge is 0.494 e. The van der Waals surface area contributed by atoms with E-state index in [1.165, 1.54) is 12.1 Å². The van der Waals surface area contributed by atoms with Crippen LogP contribution in [0.1, 0.15) is 44.4 Å². The van der Waals surface area contributed by atoms with Crippen LogP contribution in [-0.4, -0.2) is 29.1 Å². The fourth-order valence-corrected chi connectivity index (χ4v) is 3.60. The van der Waals surface area contributed by atoms with Gasteiger partial charge < -0.3 is 14.2 Å². The van der Waals surface area contributed by atoms with Crippen molar-refractivity contribution in [2.45, 2.75) is 58.4 Å². The number of carbonyl (C=O) groups is 1. The monoisotopic (exact) mass is 381 g/mol. The normalized spacial score (nSPS) is 19.8. The Bertz CT molecular complexity index is 894. The predicted molar refractivity (Wildman–Crippen MR) is 107 cm³/mol. The first-order valence-electron chi connectivity index (χ1n) is 9.64. The number of carbonyl (C=O) groups excluding carboxylic acids is 1. The van der Waals surface area contributed by atoms with Crippen LogP contribution in [0.15, 0.2) is 42.5 Å². The van der Waals surface area contributed by atoms with Crippen LogP contribution in [-0.2, 0) is 33.6 Å². The second kappa shape index (κ2) is 6.71. The van der Waals surface area contributed by atoms with Gasteiger partial charge in [0.05, 0.1) is 17.6 Å². The van der Waals surface area contributed by atoms with E-state index in [1.54, 1.807) is 11.0 Å². The molecule has 4 nitrogen and oxygen atoms in total. The maximum Gasteiger partial charge on any atom is 0.494 e. The van der Waals surface area contributed by atoms with Crippen molar-refractivity contribution >= 4 is 18.5 Å². The second-order valence-electron chi connectivity index (χ2n) is 8.67. The smallest absolute Gasteiger partial charge is 0.399 e. The Morgan fingerprint density at radius 1 is 1.00 bits per heavy atom. The summed E-state index contributed by atoms with van der Waals surface area (Å²) in [7, 11) is -0.405. The van der Waals surface area contributed by atoms with E-state index in [9.17, 15) is 9.18 Å².